The van der Waals surface area contributed by atoms with Crippen molar-refractivity contribution in [1.29, 1.82) is 0 Å². The minimum atomic E-state index is -0.463. The predicted molar refractivity (Wildman–Crippen MR) is 69.5 cm³/mol. The third-order valence-electron chi connectivity index (χ3n) is 2.15. The van der Waals surface area contributed by atoms with E-state index < -0.39 is 11.6 Å². The molecule has 0 aliphatic heterocycles. The summed E-state index contributed by atoms with van der Waals surface area (Å²) < 4.78 is 0. The van der Waals surface area contributed by atoms with Crippen molar-refractivity contribution in [3.05, 3.63) is 46.3 Å². The summed E-state index contributed by atoms with van der Waals surface area (Å²) in [7, 11) is 0. The van der Waals surface area contributed by atoms with E-state index in [1.54, 1.807) is 18.2 Å². The maximum absolute atomic E-state index is 11.8. The molecular weight excluding hydrogens is 246 g/mol. The van der Waals surface area contributed by atoms with Crippen LogP contribution in [-0.2, 0) is 0 Å². The average Bonchev–Trinajstić information content (AvgIpc) is 2.83. The molecule has 5 N–H and O–H groups in total. The Bertz CT molecular complexity index is 704. The van der Waals surface area contributed by atoms with Crippen LogP contribution in [0.1, 0.15) is 16.2 Å². The summed E-state index contributed by atoms with van der Waals surface area (Å²) in [6.07, 6.45) is 1.29. The molecule has 19 heavy (non-hydrogen) atoms. The minimum Gasteiger partial charge on any atom is -0.320 e. The van der Waals surface area contributed by atoms with Gasteiger partial charge in [-0.1, -0.05) is 12.0 Å². The Morgan fingerprint density at radius 2 is 2.32 bits per heavy atom. The highest BCUT2D eigenvalue weighted by molar-refractivity contribution is 6.02. The first kappa shape index (κ1) is 12.6. The smallest absolute Gasteiger partial charge is 0.320 e. The highest BCUT2D eigenvalue weighted by Gasteiger charge is 2.08. The van der Waals surface area contributed by atoms with Gasteiger partial charge in [0.15, 0.2) is 0 Å². The van der Waals surface area contributed by atoms with Crippen molar-refractivity contribution in [3.8, 4) is 11.8 Å². The molecule has 0 spiro atoms. The van der Waals surface area contributed by atoms with E-state index in [9.17, 15) is 9.59 Å². The van der Waals surface area contributed by atoms with Gasteiger partial charge in [0.05, 0.1) is 6.54 Å². The molecule has 1 amide bonds. The molecule has 0 aromatic carbocycles. The van der Waals surface area contributed by atoms with E-state index in [4.69, 9.17) is 5.73 Å². The largest absolute Gasteiger partial charge is 0.323 e. The number of rotatable bonds is 2. The number of aromatic nitrogens is 3. The molecule has 2 heterocycles. The zero-order valence-electron chi connectivity index (χ0n) is 9.86. The highest BCUT2D eigenvalue weighted by Crippen LogP contribution is 2.05. The molecule has 0 saturated heterocycles. The maximum atomic E-state index is 11.8. The van der Waals surface area contributed by atoms with Crippen molar-refractivity contribution < 1.29 is 4.79 Å². The van der Waals surface area contributed by atoms with Gasteiger partial charge in [0.1, 0.15) is 17.2 Å². The van der Waals surface area contributed by atoms with Crippen molar-refractivity contribution in [1.82, 2.24) is 15.0 Å². The van der Waals surface area contributed by atoms with Gasteiger partial charge in [-0.15, -0.1) is 0 Å². The summed E-state index contributed by atoms with van der Waals surface area (Å²) in [5.41, 5.74) is 5.46. The van der Waals surface area contributed by atoms with E-state index in [2.05, 4.69) is 32.1 Å². The van der Waals surface area contributed by atoms with Gasteiger partial charge in [0.2, 0.25) is 0 Å². The number of aromatic amines is 2. The first-order valence-electron chi connectivity index (χ1n) is 5.44. The fraction of sp³-hybridized carbons (Fsp3) is 0.0833. The summed E-state index contributed by atoms with van der Waals surface area (Å²) in [4.78, 5) is 31.5. The van der Waals surface area contributed by atoms with Crippen molar-refractivity contribution >= 4 is 11.7 Å². The summed E-state index contributed by atoms with van der Waals surface area (Å²) in [5, 5.41) is 2.55. The molecule has 7 nitrogen and oxygen atoms in total. The van der Waals surface area contributed by atoms with Crippen molar-refractivity contribution in [2.24, 2.45) is 5.73 Å². The van der Waals surface area contributed by atoms with E-state index in [0.717, 1.165) is 0 Å². The lowest BCUT2D eigenvalue weighted by Crippen LogP contribution is -2.15. The number of hydrogen-bond acceptors (Lipinski definition) is 4. The molecule has 0 saturated carbocycles. The van der Waals surface area contributed by atoms with Crippen LogP contribution in [0.3, 0.4) is 0 Å². The molecule has 0 bridgehead atoms. The number of carbonyl (C=O) groups is 1. The van der Waals surface area contributed by atoms with Crippen LogP contribution in [0, 0.1) is 11.8 Å². The number of imidazole rings is 1. The third kappa shape index (κ3) is 3.31. The molecule has 0 aliphatic carbocycles. The summed E-state index contributed by atoms with van der Waals surface area (Å²) in [5.74, 6) is 5.31. The Morgan fingerprint density at radius 3 is 3.00 bits per heavy atom. The van der Waals surface area contributed by atoms with Crippen LogP contribution in [0.4, 0.5) is 5.82 Å². The first-order chi connectivity index (χ1) is 9.19. The molecule has 0 unspecified atom stereocenters. The molecular formula is C12H11N5O2. The van der Waals surface area contributed by atoms with Crippen LogP contribution in [0.15, 0.2) is 29.2 Å². The normalized spacial score (nSPS) is 9.53. The maximum Gasteiger partial charge on any atom is 0.323 e. The van der Waals surface area contributed by atoms with Gasteiger partial charge in [0, 0.05) is 6.20 Å². The Kier molecular flexibility index (Phi) is 3.75. The molecule has 96 valence electrons. The fourth-order valence-electron chi connectivity index (χ4n) is 1.35. The summed E-state index contributed by atoms with van der Waals surface area (Å²) in [6.45, 7) is 0.239. The Morgan fingerprint density at radius 1 is 1.47 bits per heavy atom. The van der Waals surface area contributed by atoms with Crippen LogP contribution in [0.5, 0.6) is 0 Å². The topological polar surface area (TPSA) is 117 Å². The number of anilines is 1. The lowest BCUT2D eigenvalue weighted by Gasteiger charge is -2.02. The second-order valence-corrected chi connectivity index (χ2v) is 3.52. The van der Waals surface area contributed by atoms with Crippen LogP contribution >= 0.6 is 0 Å². The number of nitrogens with zero attached hydrogens (tertiary/aromatic N) is 1. The minimum absolute atomic E-state index is 0.130. The zero-order chi connectivity index (χ0) is 13.7. The van der Waals surface area contributed by atoms with Gasteiger partial charge in [-0.05, 0) is 18.1 Å². The monoisotopic (exact) mass is 257 g/mol. The molecule has 0 aliphatic rings. The van der Waals surface area contributed by atoms with E-state index in [1.807, 2.05) is 0 Å². The number of nitrogens with one attached hydrogen (secondary N) is 3. The average molecular weight is 257 g/mol. The Labute approximate surface area is 108 Å². The van der Waals surface area contributed by atoms with Gasteiger partial charge in [-0.25, -0.2) is 9.78 Å². The van der Waals surface area contributed by atoms with Gasteiger partial charge >= 0.3 is 5.69 Å². The number of H-pyrrole nitrogens is 2. The van der Waals surface area contributed by atoms with Gasteiger partial charge in [-0.2, -0.15) is 0 Å². The second kappa shape index (κ2) is 5.66. The Hall–Kier alpha value is -2.85. The van der Waals surface area contributed by atoms with Crippen LogP contribution in [0.2, 0.25) is 0 Å². The number of hydrogen-bond donors (Lipinski definition) is 4. The van der Waals surface area contributed by atoms with Gasteiger partial charge < -0.3 is 21.0 Å². The Balaban J connectivity index is 2.15. The molecule has 0 radical (unpaired) electrons. The van der Waals surface area contributed by atoms with Gasteiger partial charge in [0.25, 0.3) is 5.91 Å². The SMILES string of the molecule is NCC#Cc1cccc(NC(=O)c2c[nH]c(=O)[nH]2)n1. The van der Waals surface area contributed by atoms with Crippen LogP contribution in [0.25, 0.3) is 0 Å². The zero-order valence-corrected chi connectivity index (χ0v) is 9.86. The van der Waals surface area contributed by atoms with E-state index in [1.165, 1.54) is 6.20 Å². The van der Waals surface area contributed by atoms with E-state index in [0.29, 0.717) is 11.5 Å². The van der Waals surface area contributed by atoms with Crippen LogP contribution < -0.4 is 16.7 Å². The van der Waals surface area contributed by atoms with E-state index >= 15 is 0 Å². The van der Waals surface area contributed by atoms with Crippen molar-refractivity contribution in [2.75, 3.05) is 11.9 Å². The number of pyridine rings is 1. The third-order valence-corrected chi connectivity index (χ3v) is 2.15. The highest BCUT2D eigenvalue weighted by atomic mass is 16.2. The molecule has 2 rings (SSSR count). The quantitative estimate of drug-likeness (QED) is 0.550. The number of amides is 1. The molecule has 7 heteroatoms. The van der Waals surface area contributed by atoms with Crippen molar-refractivity contribution in [3.63, 3.8) is 0 Å². The molecule has 2 aromatic heterocycles. The summed E-state index contributed by atoms with van der Waals surface area (Å²) >= 11 is 0. The fourth-order valence-corrected chi connectivity index (χ4v) is 1.35. The summed E-state index contributed by atoms with van der Waals surface area (Å²) in [6, 6.07) is 5.04. The lowest BCUT2D eigenvalue weighted by atomic mass is 10.3. The second-order valence-electron chi connectivity index (χ2n) is 3.52. The number of nitrogens with two attached hydrogens (primary N) is 1. The molecule has 0 fully saturated rings. The molecule has 0 atom stereocenters. The lowest BCUT2D eigenvalue weighted by molar-refractivity contribution is 0.102. The predicted octanol–water partition coefficient (Wildman–Crippen LogP) is -0.340. The van der Waals surface area contributed by atoms with Crippen LogP contribution in [-0.4, -0.2) is 27.4 Å². The van der Waals surface area contributed by atoms with Gasteiger partial charge in [-0.3, -0.25) is 4.79 Å². The molecule has 2 aromatic rings. The standard InChI is InChI=1S/C12H11N5O2/c13-6-2-4-8-3-1-5-10(15-8)17-11(18)9-7-14-12(19)16-9/h1,3,5,7H,6,13H2,(H2,14,16,19)(H,15,17,18). The van der Waals surface area contributed by atoms with E-state index in [-0.39, 0.29) is 12.2 Å². The number of carbonyl (C=O) groups excluding carboxylic acids is 1. The first-order valence-corrected chi connectivity index (χ1v) is 5.44. The van der Waals surface area contributed by atoms with Crippen molar-refractivity contribution in [2.45, 2.75) is 0 Å².